The van der Waals surface area contributed by atoms with Crippen molar-refractivity contribution in [2.24, 2.45) is 5.92 Å². The lowest BCUT2D eigenvalue weighted by molar-refractivity contribution is 0.00562. The smallest absolute Gasteiger partial charge is 0.444 e. The van der Waals surface area contributed by atoms with Gasteiger partial charge in [-0.25, -0.2) is 4.79 Å². The second-order valence-corrected chi connectivity index (χ2v) is 10.5. The first-order chi connectivity index (χ1) is 11.4. The zero-order valence-electron chi connectivity index (χ0n) is 16.7. The fraction of sp³-hybridized carbons (Fsp3) is 0.947. The number of fused-ring (bicyclic) bond motifs is 4. The van der Waals surface area contributed by atoms with Gasteiger partial charge >= 0.3 is 13.2 Å². The van der Waals surface area contributed by atoms with Crippen molar-refractivity contribution in [2.45, 2.75) is 108 Å². The number of rotatable bonds is 1. The molecule has 2 bridgehead atoms. The van der Waals surface area contributed by atoms with Crippen LogP contribution in [0.25, 0.3) is 0 Å². The summed E-state index contributed by atoms with van der Waals surface area (Å²) in [5.41, 5.74) is -1.03. The molecule has 0 aromatic heterocycles. The molecule has 6 heteroatoms. The molecule has 0 aromatic carbocycles. The Morgan fingerprint density at radius 1 is 1.08 bits per heavy atom. The minimum Gasteiger partial charge on any atom is -0.444 e. The number of hydrogen-bond acceptors (Lipinski definition) is 4. The molecule has 3 saturated heterocycles. The maximum atomic E-state index is 12.7. The Labute approximate surface area is 151 Å². The van der Waals surface area contributed by atoms with Gasteiger partial charge in [-0.1, -0.05) is 0 Å². The highest BCUT2D eigenvalue weighted by molar-refractivity contribution is 6.51. The molecule has 0 radical (unpaired) electrons. The number of nitrogens with zero attached hydrogens (tertiary/aromatic N) is 1. The predicted molar refractivity (Wildman–Crippen MR) is 96.4 cm³/mol. The van der Waals surface area contributed by atoms with Crippen LogP contribution in [0.2, 0.25) is 5.31 Å². The van der Waals surface area contributed by atoms with E-state index in [9.17, 15) is 4.79 Å². The highest BCUT2D eigenvalue weighted by Gasteiger charge is 2.75. The van der Waals surface area contributed by atoms with Gasteiger partial charge in [0.25, 0.3) is 0 Å². The van der Waals surface area contributed by atoms with E-state index in [1.54, 1.807) is 0 Å². The van der Waals surface area contributed by atoms with Crippen molar-refractivity contribution in [1.29, 1.82) is 0 Å². The van der Waals surface area contributed by atoms with Crippen LogP contribution < -0.4 is 0 Å². The average Bonchev–Trinajstić information content (AvgIpc) is 2.98. The van der Waals surface area contributed by atoms with Crippen molar-refractivity contribution < 1.29 is 18.8 Å². The monoisotopic (exact) mass is 349 g/mol. The lowest BCUT2D eigenvalue weighted by Gasteiger charge is -2.39. The first kappa shape index (κ1) is 17.7. The van der Waals surface area contributed by atoms with Gasteiger partial charge in [0, 0.05) is 17.4 Å². The van der Waals surface area contributed by atoms with E-state index in [2.05, 4.69) is 27.7 Å². The van der Waals surface area contributed by atoms with Gasteiger partial charge in [0.05, 0.1) is 11.2 Å². The summed E-state index contributed by atoms with van der Waals surface area (Å²) in [4.78, 5) is 14.7. The molecular formula is C19H32BNO4. The highest BCUT2D eigenvalue weighted by Crippen LogP contribution is 2.74. The Hall–Kier alpha value is -0.745. The van der Waals surface area contributed by atoms with Crippen LogP contribution in [0.4, 0.5) is 4.79 Å². The lowest BCUT2D eigenvalue weighted by atomic mass is 9.62. The molecule has 1 amide bonds. The molecule has 0 spiro atoms. The molecule has 4 fully saturated rings. The summed E-state index contributed by atoms with van der Waals surface area (Å²) in [7, 11) is -0.147. The molecule has 4 aliphatic rings. The first-order valence-electron chi connectivity index (χ1n) is 9.73. The standard InChI is InChI=1S/C19H32BNO4/c1-16(2,3)23-15(22)21-12-8-9-14(21)13-11-19(13,10-12)20-24-17(4,5)18(6,7)25-20/h12-14H,8-11H2,1-7H3. The Morgan fingerprint density at radius 2 is 1.68 bits per heavy atom. The quantitative estimate of drug-likeness (QED) is 0.671. The van der Waals surface area contributed by atoms with E-state index in [0.717, 1.165) is 25.7 Å². The Balaban J connectivity index is 1.52. The molecule has 4 unspecified atom stereocenters. The minimum atomic E-state index is -0.444. The Bertz CT molecular complexity index is 583. The molecule has 3 heterocycles. The molecule has 0 aromatic rings. The second kappa shape index (κ2) is 4.95. The normalized spacial score (nSPS) is 40.8. The van der Waals surface area contributed by atoms with Crippen molar-refractivity contribution in [3.63, 3.8) is 0 Å². The SMILES string of the molecule is CC(C)(C)OC(=O)N1C2CCC1C1CC1(B1OC(C)(C)C(C)(C)O1)C2. The summed E-state index contributed by atoms with van der Waals surface area (Å²) in [5, 5.41) is 0.0926. The van der Waals surface area contributed by atoms with E-state index in [0.29, 0.717) is 5.92 Å². The van der Waals surface area contributed by atoms with Crippen LogP contribution in [0.1, 0.15) is 74.1 Å². The van der Waals surface area contributed by atoms with Crippen LogP contribution >= 0.6 is 0 Å². The summed E-state index contributed by atoms with van der Waals surface area (Å²) in [5.74, 6) is 0.480. The van der Waals surface area contributed by atoms with Gasteiger partial charge in [-0.15, -0.1) is 0 Å². The third-order valence-electron chi connectivity index (χ3n) is 7.13. The van der Waals surface area contributed by atoms with E-state index in [1.165, 1.54) is 0 Å². The minimum absolute atomic E-state index is 0.0926. The predicted octanol–water partition coefficient (Wildman–Crippen LogP) is 4.01. The highest BCUT2D eigenvalue weighted by atomic mass is 16.7. The number of hydrogen-bond donors (Lipinski definition) is 0. The third-order valence-corrected chi connectivity index (χ3v) is 7.13. The lowest BCUT2D eigenvalue weighted by Crippen LogP contribution is -2.50. The van der Waals surface area contributed by atoms with Crippen molar-refractivity contribution in [3.05, 3.63) is 0 Å². The number of piperidine rings is 1. The van der Waals surface area contributed by atoms with Gasteiger partial charge in [-0.3, -0.25) is 0 Å². The van der Waals surface area contributed by atoms with Crippen molar-refractivity contribution in [1.82, 2.24) is 4.90 Å². The van der Waals surface area contributed by atoms with E-state index in [4.69, 9.17) is 14.0 Å². The number of carbonyl (C=O) groups excluding carboxylic acids is 1. The molecule has 4 rings (SSSR count). The fourth-order valence-electron chi connectivity index (χ4n) is 5.09. The summed E-state index contributed by atoms with van der Waals surface area (Å²) >= 11 is 0. The fourth-order valence-corrected chi connectivity index (χ4v) is 5.09. The summed E-state index contributed by atoms with van der Waals surface area (Å²) < 4.78 is 18.5. The van der Waals surface area contributed by atoms with E-state index in [-0.39, 0.29) is 41.8 Å². The van der Waals surface area contributed by atoms with Gasteiger partial charge in [0.2, 0.25) is 0 Å². The maximum absolute atomic E-state index is 12.7. The van der Waals surface area contributed by atoms with Gasteiger partial charge in [0.15, 0.2) is 0 Å². The molecule has 5 nitrogen and oxygen atoms in total. The van der Waals surface area contributed by atoms with Crippen molar-refractivity contribution >= 4 is 13.2 Å². The maximum Gasteiger partial charge on any atom is 0.464 e. The molecule has 140 valence electrons. The van der Waals surface area contributed by atoms with Crippen LogP contribution in [-0.4, -0.2) is 47.0 Å². The number of carbonyl (C=O) groups is 1. The summed E-state index contributed by atoms with van der Waals surface area (Å²) in [6.45, 7) is 14.3. The summed E-state index contributed by atoms with van der Waals surface area (Å²) in [6, 6.07) is 0.547. The molecule has 1 saturated carbocycles. The Kier molecular flexibility index (Phi) is 3.49. The van der Waals surface area contributed by atoms with E-state index >= 15 is 0 Å². The molecule has 1 aliphatic carbocycles. The molecule has 3 aliphatic heterocycles. The van der Waals surface area contributed by atoms with Crippen LogP contribution in [0.15, 0.2) is 0 Å². The van der Waals surface area contributed by atoms with Gasteiger partial charge in [-0.05, 0) is 80.1 Å². The zero-order valence-corrected chi connectivity index (χ0v) is 16.7. The number of ether oxygens (including phenoxy) is 1. The number of amides is 1. The average molecular weight is 349 g/mol. The van der Waals surface area contributed by atoms with Crippen molar-refractivity contribution in [3.8, 4) is 0 Å². The zero-order chi connectivity index (χ0) is 18.4. The van der Waals surface area contributed by atoms with Crippen LogP contribution in [-0.2, 0) is 14.0 Å². The molecule has 25 heavy (non-hydrogen) atoms. The first-order valence-corrected chi connectivity index (χ1v) is 9.73. The van der Waals surface area contributed by atoms with Gasteiger partial charge in [0.1, 0.15) is 5.60 Å². The molecule has 4 atom stereocenters. The summed E-state index contributed by atoms with van der Waals surface area (Å²) in [6.07, 6.45) is 4.08. The van der Waals surface area contributed by atoms with Crippen molar-refractivity contribution in [2.75, 3.05) is 0 Å². The van der Waals surface area contributed by atoms with E-state index < -0.39 is 5.60 Å². The van der Waals surface area contributed by atoms with Crippen LogP contribution in [0.3, 0.4) is 0 Å². The van der Waals surface area contributed by atoms with Crippen LogP contribution in [0.5, 0.6) is 0 Å². The Morgan fingerprint density at radius 3 is 2.24 bits per heavy atom. The second-order valence-electron chi connectivity index (χ2n) is 10.5. The van der Waals surface area contributed by atoms with Gasteiger partial charge in [-0.2, -0.15) is 0 Å². The molecular weight excluding hydrogens is 317 g/mol. The third kappa shape index (κ3) is 2.54. The van der Waals surface area contributed by atoms with Crippen LogP contribution in [0, 0.1) is 5.92 Å². The largest absolute Gasteiger partial charge is 0.464 e. The van der Waals surface area contributed by atoms with E-state index in [1.807, 2.05) is 25.7 Å². The van der Waals surface area contributed by atoms with Gasteiger partial charge < -0.3 is 18.9 Å². The molecule has 0 N–H and O–H groups in total. The topological polar surface area (TPSA) is 48.0 Å².